The molecule has 3 aromatic rings. The molecule has 0 bridgehead atoms. The predicted octanol–water partition coefficient (Wildman–Crippen LogP) is 4.05. The number of amides is 1. The van der Waals surface area contributed by atoms with Crippen LogP contribution in [-0.4, -0.2) is 54.1 Å². The Morgan fingerprint density at radius 3 is 2.72 bits per heavy atom. The van der Waals surface area contributed by atoms with Crippen molar-refractivity contribution in [3.05, 3.63) is 58.3 Å². The number of carbonyl (C=O) groups is 1. The van der Waals surface area contributed by atoms with Gasteiger partial charge in [0, 0.05) is 23.9 Å². The standard InChI is InChI=1S/C20H20F2N5O3PS/c1-12-6-7-13(18-25-15(11-32-18)17(28)20(21,22)31-30)10-26(12)19(29)14-4-2-3-5-16(14)27-23-8-9-24-27/h2-5,8-9,11-13,17,28H,6-7,10H2,1H3/t12-,13-,17?/m1/s1. The van der Waals surface area contributed by atoms with Gasteiger partial charge >= 0.3 is 5.66 Å². The van der Waals surface area contributed by atoms with Gasteiger partial charge in [0.05, 0.1) is 34.3 Å². The predicted molar refractivity (Wildman–Crippen MR) is 113 cm³/mol. The van der Waals surface area contributed by atoms with E-state index in [0.29, 0.717) is 29.2 Å². The van der Waals surface area contributed by atoms with Crippen molar-refractivity contribution in [3.63, 3.8) is 0 Å². The fourth-order valence-electron chi connectivity index (χ4n) is 3.76. The van der Waals surface area contributed by atoms with Crippen LogP contribution in [0.15, 0.2) is 42.0 Å². The molecule has 1 saturated heterocycles. The molecule has 8 nitrogen and oxygen atoms in total. The van der Waals surface area contributed by atoms with Crippen molar-refractivity contribution in [3.8, 4) is 5.69 Å². The van der Waals surface area contributed by atoms with E-state index in [1.807, 2.05) is 6.92 Å². The minimum atomic E-state index is -3.81. The van der Waals surface area contributed by atoms with E-state index in [-0.39, 0.29) is 23.6 Å². The van der Waals surface area contributed by atoms with Gasteiger partial charge in [0.1, 0.15) is 0 Å². The van der Waals surface area contributed by atoms with E-state index < -0.39 is 20.2 Å². The second kappa shape index (κ2) is 9.09. The van der Waals surface area contributed by atoms with Crippen LogP contribution in [0.4, 0.5) is 8.78 Å². The van der Waals surface area contributed by atoms with Crippen LogP contribution in [0.3, 0.4) is 0 Å². The number of carbonyl (C=O) groups excluding carboxylic acids is 1. The van der Waals surface area contributed by atoms with Crippen LogP contribution in [0, 0.1) is 0 Å². The number of alkyl halides is 2. The fraction of sp³-hybridized carbons (Fsp3) is 0.400. The van der Waals surface area contributed by atoms with Crippen molar-refractivity contribution in [1.29, 1.82) is 0 Å². The van der Waals surface area contributed by atoms with Gasteiger partial charge in [-0.25, -0.2) is 4.98 Å². The molecule has 0 aliphatic carbocycles. The Labute approximate surface area is 188 Å². The van der Waals surface area contributed by atoms with Crippen molar-refractivity contribution >= 4 is 25.7 Å². The van der Waals surface area contributed by atoms with Crippen molar-refractivity contribution in [2.75, 3.05) is 6.54 Å². The van der Waals surface area contributed by atoms with Gasteiger partial charge < -0.3 is 10.0 Å². The van der Waals surface area contributed by atoms with Crippen LogP contribution < -0.4 is 0 Å². The van der Waals surface area contributed by atoms with Crippen molar-refractivity contribution in [2.24, 2.45) is 0 Å². The highest BCUT2D eigenvalue weighted by Crippen LogP contribution is 2.41. The average molecular weight is 479 g/mol. The first kappa shape index (κ1) is 22.6. The zero-order valence-electron chi connectivity index (χ0n) is 17.0. The first-order valence-electron chi connectivity index (χ1n) is 9.94. The Bertz CT molecular complexity index is 1110. The first-order chi connectivity index (χ1) is 15.3. The molecule has 1 fully saturated rings. The Kier molecular flexibility index (Phi) is 6.41. The first-order valence-corrected chi connectivity index (χ1v) is 11.6. The Morgan fingerprint density at radius 1 is 1.28 bits per heavy atom. The van der Waals surface area contributed by atoms with E-state index in [4.69, 9.17) is 0 Å². The van der Waals surface area contributed by atoms with E-state index in [0.717, 1.165) is 17.8 Å². The van der Waals surface area contributed by atoms with Crippen LogP contribution >= 0.6 is 19.8 Å². The number of thiazole rings is 1. The SMILES string of the molecule is C[C@@H]1CC[C@@H](c2nc(C(O)C(F)(F)P=O)cs2)CN1C(=O)c1ccccc1-n1nccn1. The van der Waals surface area contributed by atoms with Gasteiger partial charge in [-0.3, -0.25) is 9.36 Å². The fourth-order valence-corrected chi connectivity index (χ4v) is 4.96. The summed E-state index contributed by atoms with van der Waals surface area (Å²) in [6.45, 7) is 2.33. The van der Waals surface area contributed by atoms with Gasteiger partial charge in [0.2, 0.25) is 8.46 Å². The largest absolute Gasteiger partial charge is 0.380 e. The van der Waals surface area contributed by atoms with Gasteiger partial charge in [0.15, 0.2) is 6.10 Å². The van der Waals surface area contributed by atoms with E-state index in [9.17, 15) is 23.2 Å². The summed E-state index contributed by atoms with van der Waals surface area (Å²) >= 11 is 1.15. The molecular weight excluding hydrogens is 459 g/mol. The third kappa shape index (κ3) is 4.32. The number of hydrogen-bond donors (Lipinski definition) is 1. The lowest BCUT2D eigenvalue weighted by atomic mass is 9.93. The number of halogens is 2. The van der Waals surface area contributed by atoms with Gasteiger partial charge in [-0.2, -0.15) is 23.8 Å². The van der Waals surface area contributed by atoms with E-state index in [2.05, 4.69) is 15.2 Å². The number of piperidine rings is 1. The summed E-state index contributed by atoms with van der Waals surface area (Å²) in [6, 6.07) is 7.04. The minimum Gasteiger partial charge on any atom is -0.380 e. The van der Waals surface area contributed by atoms with E-state index >= 15 is 0 Å². The summed E-state index contributed by atoms with van der Waals surface area (Å²) in [7, 11) is -1.46. The summed E-state index contributed by atoms with van der Waals surface area (Å²) in [5.41, 5.74) is -3.00. The molecule has 0 spiro atoms. The number of aromatic nitrogens is 4. The number of benzene rings is 1. The molecule has 1 N–H and O–H groups in total. The number of para-hydroxylation sites is 1. The number of likely N-dealkylation sites (tertiary alicyclic amines) is 1. The summed E-state index contributed by atoms with van der Waals surface area (Å²) < 4.78 is 37.8. The summed E-state index contributed by atoms with van der Waals surface area (Å²) in [6.07, 6.45) is 2.26. The molecule has 4 rings (SSSR count). The molecule has 2 aromatic heterocycles. The molecule has 32 heavy (non-hydrogen) atoms. The maximum absolute atomic E-state index is 13.6. The lowest BCUT2D eigenvalue weighted by Crippen LogP contribution is -2.45. The maximum atomic E-state index is 13.6. The van der Waals surface area contributed by atoms with Crippen LogP contribution in [0.1, 0.15) is 52.8 Å². The van der Waals surface area contributed by atoms with Crippen molar-refractivity contribution in [2.45, 2.75) is 43.5 Å². The molecule has 3 heterocycles. The highest BCUT2D eigenvalue weighted by atomic mass is 32.1. The monoisotopic (exact) mass is 479 g/mol. The molecule has 12 heteroatoms. The molecule has 0 radical (unpaired) electrons. The molecule has 1 aromatic carbocycles. The van der Waals surface area contributed by atoms with Gasteiger partial charge in [-0.05, 0) is 31.9 Å². The zero-order chi connectivity index (χ0) is 22.9. The maximum Gasteiger partial charge on any atom is 0.355 e. The summed E-state index contributed by atoms with van der Waals surface area (Å²) in [5.74, 6) is -0.335. The number of hydrogen-bond acceptors (Lipinski definition) is 7. The number of nitrogens with zero attached hydrogens (tertiary/aromatic N) is 5. The molecule has 1 aliphatic rings. The molecule has 3 atom stereocenters. The smallest absolute Gasteiger partial charge is 0.355 e. The normalized spacial score (nSPS) is 20.4. The van der Waals surface area contributed by atoms with Crippen LogP contribution in [0.5, 0.6) is 0 Å². The third-order valence-corrected chi connectivity index (χ3v) is 7.04. The number of rotatable bonds is 6. The third-order valence-electron chi connectivity index (χ3n) is 5.53. The van der Waals surface area contributed by atoms with Gasteiger partial charge in [-0.15, -0.1) is 11.3 Å². The molecule has 1 amide bonds. The Morgan fingerprint density at radius 2 is 2.00 bits per heavy atom. The number of aliphatic hydroxyl groups is 1. The highest BCUT2D eigenvalue weighted by molar-refractivity contribution is 7.25. The van der Waals surface area contributed by atoms with Gasteiger partial charge in [-0.1, -0.05) is 12.1 Å². The lowest BCUT2D eigenvalue weighted by molar-refractivity contribution is -0.0421. The van der Waals surface area contributed by atoms with Gasteiger partial charge in [0.25, 0.3) is 5.91 Å². The summed E-state index contributed by atoms with van der Waals surface area (Å²) in [4.78, 5) is 20.8. The molecular formula is C20H20F2N5O3PS. The van der Waals surface area contributed by atoms with Crippen molar-refractivity contribution in [1.82, 2.24) is 24.9 Å². The summed E-state index contributed by atoms with van der Waals surface area (Å²) in [5, 5.41) is 20.0. The number of aliphatic hydroxyl groups excluding tert-OH is 1. The second-order valence-corrected chi connectivity index (χ2v) is 9.28. The molecule has 1 aliphatic heterocycles. The average Bonchev–Trinajstić information content (AvgIpc) is 3.51. The van der Waals surface area contributed by atoms with Crippen molar-refractivity contribution < 1.29 is 23.2 Å². The van der Waals surface area contributed by atoms with Crippen LogP contribution in [0.2, 0.25) is 0 Å². The molecule has 1 unspecified atom stereocenters. The topological polar surface area (TPSA) is 101 Å². The zero-order valence-corrected chi connectivity index (χ0v) is 18.7. The quantitative estimate of drug-likeness (QED) is 0.536. The second-order valence-electron chi connectivity index (χ2n) is 7.61. The van der Waals surface area contributed by atoms with E-state index in [1.54, 1.807) is 29.2 Å². The molecule has 168 valence electrons. The van der Waals surface area contributed by atoms with E-state index in [1.165, 1.54) is 22.6 Å². The molecule has 0 saturated carbocycles. The Hall–Kier alpha value is -2.62. The van der Waals surface area contributed by atoms with Crippen LogP contribution in [-0.2, 0) is 4.57 Å². The lowest BCUT2D eigenvalue weighted by Gasteiger charge is -2.37. The Balaban J connectivity index is 1.57. The van der Waals surface area contributed by atoms with Crippen LogP contribution in [0.25, 0.3) is 5.69 Å². The highest BCUT2D eigenvalue weighted by Gasteiger charge is 2.42. The minimum absolute atomic E-state index is 0.0222.